The summed E-state index contributed by atoms with van der Waals surface area (Å²) in [6, 6.07) is 8.58. The van der Waals surface area contributed by atoms with E-state index < -0.39 is 0 Å². The van der Waals surface area contributed by atoms with Crippen LogP contribution in [-0.4, -0.2) is 22.8 Å². The lowest BCUT2D eigenvalue weighted by Crippen LogP contribution is -2.26. The molecule has 1 heterocycles. The predicted molar refractivity (Wildman–Crippen MR) is 80.9 cm³/mol. The highest BCUT2D eigenvalue weighted by molar-refractivity contribution is 6.43. The lowest BCUT2D eigenvalue weighted by atomic mass is 10.1. The van der Waals surface area contributed by atoms with E-state index in [1.807, 2.05) is 18.2 Å². The normalized spacial score (nSPS) is 10.3. The van der Waals surface area contributed by atoms with E-state index >= 15 is 0 Å². The average molecular weight is 310 g/mol. The molecular formula is C14H13Cl2N3O. The number of nitrogens with two attached hydrogens (primary N) is 1. The van der Waals surface area contributed by atoms with Crippen molar-refractivity contribution in [1.29, 1.82) is 0 Å². The minimum Gasteiger partial charge on any atom is -0.397 e. The lowest BCUT2D eigenvalue weighted by Gasteiger charge is -2.17. The largest absolute Gasteiger partial charge is 0.397 e. The Kier molecular flexibility index (Phi) is 4.47. The Morgan fingerprint density at radius 1 is 1.35 bits per heavy atom. The number of benzene rings is 1. The first-order chi connectivity index (χ1) is 9.49. The van der Waals surface area contributed by atoms with Crippen LogP contribution in [0.4, 0.5) is 5.69 Å². The smallest absolute Gasteiger partial charge is 0.254 e. The van der Waals surface area contributed by atoms with Gasteiger partial charge in [-0.3, -0.25) is 9.78 Å². The number of pyridine rings is 1. The number of aromatic nitrogens is 1. The minimum atomic E-state index is -0.194. The maximum absolute atomic E-state index is 12.3. The van der Waals surface area contributed by atoms with Crippen LogP contribution in [-0.2, 0) is 6.54 Å². The molecule has 1 amide bonds. The molecule has 0 saturated carbocycles. The Hall–Kier alpha value is -1.78. The number of carbonyl (C=O) groups excluding carboxylic acids is 1. The van der Waals surface area contributed by atoms with Crippen molar-refractivity contribution in [3.05, 3.63) is 57.8 Å². The number of hydrogen-bond acceptors (Lipinski definition) is 3. The zero-order valence-corrected chi connectivity index (χ0v) is 12.3. The minimum absolute atomic E-state index is 0.194. The molecule has 104 valence electrons. The van der Waals surface area contributed by atoms with Gasteiger partial charge in [0.1, 0.15) is 0 Å². The van der Waals surface area contributed by atoms with Gasteiger partial charge in [-0.1, -0.05) is 29.3 Å². The molecule has 6 heteroatoms. The highest BCUT2D eigenvalue weighted by atomic mass is 35.5. The Bertz CT molecular complexity index is 609. The van der Waals surface area contributed by atoms with Crippen LogP contribution in [0.3, 0.4) is 0 Å². The number of hydrogen-bond donors (Lipinski definition) is 1. The summed E-state index contributed by atoms with van der Waals surface area (Å²) in [7, 11) is 1.69. The Morgan fingerprint density at radius 3 is 2.70 bits per heavy atom. The van der Waals surface area contributed by atoms with Crippen molar-refractivity contribution in [2.24, 2.45) is 0 Å². The number of rotatable bonds is 3. The van der Waals surface area contributed by atoms with E-state index in [1.165, 1.54) is 12.1 Å². The quantitative estimate of drug-likeness (QED) is 0.885. The molecule has 0 radical (unpaired) electrons. The van der Waals surface area contributed by atoms with Crippen LogP contribution in [0.2, 0.25) is 10.0 Å². The third-order valence-electron chi connectivity index (χ3n) is 2.78. The molecule has 2 rings (SSSR count). The fourth-order valence-corrected chi connectivity index (χ4v) is 2.10. The molecule has 0 atom stereocenters. The van der Waals surface area contributed by atoms with Gasteiger partial charge in [0.05, 0.1) is 28.0 Å². The number of nitrogen functional groups attached to an aromatic ring is 1. The van der Waals surface area contributed by atoms with E-state index in [1.54, 1.807) is 18.1 Å². The highest BCUT2D eigenvalue weighted by Crippen LogP contribution is 2.29. The third-order valence-corrected chi connectivity index (χ3v) is 3.59. The molecule has 0 aliphatic heterocycles. The molecule has 0 fully saturated rings. The first-order valence-electron chi connectivity index (χ1n) is 5.89. The average Bonchev–Trinajstić information content (AvgIpc) is 2.44. The number of halogens is 2. The van der Waals surface area contributed by atoms with Gasteiger partial charge in [0.15, 0.2) is 0 Å². The number of carbonyl (C=O) groups is 1. The molecule has 4 nitrogen and oxygen atoms in total. The summed E-state index contributed by atoms with van der Waals surface area (Å²) < 4.78 is 0. The highest BCUT2D eigenvalue weighted by Gasteiger charge is 2.15. The molecule has 2 N–H and O–H groups in total. The van der Waals surface area contributed by atoms with Crippen LogP contribution < -0.4 is 5.73 Å². The van der Waals surface area contributed by atoms with Crippen LogP contribution in [0, 0.1) is 0 Å². The molecular weight excluding hydrogens is 297 g/mol. The third kappa shape index (κ3) is 3.21. The Labute approximate surface area is 127 Å². The molecule has 0 unspecified atom stereocenters. The molecule has 20 heavy (non-hydrogen) atoms. The maximum Gasteiger partial charge on any atom is 0.254 e. The van der Waals surface area contributed by atoms with E-state index in [4.69, 9.17) is 28.9 Å². The summed E-state index contributed by atoms with van der Waals surface area (Å²) in [5.74, 6) is -0.194. The van der Waals surface area contributed by atoms with Crippen LogP contribution >= 0.6 is 23.2 Å². The van der Waals surface area contributed by atoms with Gasteiger partial charge >= 0.3 is 0 Å². The monoisotopic (exact) mass is 309 g/mol. The molecule has 0 aliphatic rings. The van der Waals surface area contributed by atoms with Gasteiger partial charge in [-0.2, -0.15) is 0 Å². The van der Waals surface area contributed by atoms with Crippen molar-refractivity contribution in [3.8, 4) is 0 Å². The SMILES string of the molecule is CN(Cc1ccccn1)C(=O)c1cc(N)c(Cl)c(Cl)c1. The van der Waals surface area contributed by atoms with Gasteiger partial charge in [-0.25, -0.2) is 0 Å². The van der Waals surface area contributed by atoms with Crippen molar-refractivity contribution in [2.45, 2.75) is 6.54 Å². The first kappa shape index (κ1) is 14.6. The van der Waals surface area contributed by atoms with Gasteiger partial charge in [-0.15, -0.1) is 0 Å². The second-order valence-corrected chi connectivity index (χ2v) is 5.13. The number of amides is 1. The van der Waals surface area contributed by atoms with E-state index in [9.17, 15) is 4.79 Å². The van der Waals surface area contributed by atoms with E-state index in [2.05, 4.69) is 4.98 Å². The van der Waals surface area contributed by atoms with Crippen molar-refractivity contribution in [3.63, 3.8) is 0 Å². The van der Waals surface area contributed by atoms with Crippen LogP contribution in [0.15, 0.2) is 36.5 Å². The molecule has 1 aromatic heterocycles. The lowest BCUT2D eigenvalue weighted by molar-refractivity contribution is 0.0783. The molecule has 0 bridgehead atoms. The van der Waals surface area contributed by atoms with Crippen molar-refractivity contribution >= 4 is 34.8 Å². The van der Waals surface area contributed by atoms with Crippen molar-refractivity contribution < 1.29 is 4.79 Å². The molecule has 0 saturated heterocycles. The fourth-order valence-electron chi connectivity index (χ4n) is 1.76. The van der Waals surface area contributed by atoms with Gasteiger partial charge < -0.3 is 10.6 Å². The second kappa shape index (κ2) is 6.11. The Morgan fingerprint density at radius 2 is 2.10 bits per heavy atom. The summed E-state index contributed by atoms with van der Waals surface area (Å²) in [6.45, 7) is 0.403. The summed E-state index contributed by atoms with van der Waals surface area (Å²) in [5.41, 5.74) is 7.20. The van der Waals surface area contributed by atoms with Gasteiger partial charge in [0.2, 0.25) is 0 Å². The van der Waals surface area contributed by atoms with Crippen molar-refractivity contribution in [1.82, 2.24) is 9.88 Å². The van der Waals surface area contributed by atoms with E-state index in [0.29, 0.717) is 12.1 Å². The molecule has 2 aromatic rings. The molecule has 0 aliphatic carbocycles. The standard InChI is InChI=1S/C14H13Cl2N3O/c1-19(8-10-4-2-3-5-18-10)14(20)9-6-11(15)13(16)12(17)7-9/h2-7H,8,17H2,1H3. The summed E-state index contributed by atoms with van der Waals surface area (Å²) >= 11 is 11.8. The Balaban J connectivity index is 2.19. The fraction of sp³-hybridized carbons (Fsp3) is 0.143. The summed E-state index contributed by atoms with van der Waals surface area (Å²) in [6.07, 6.45) is 1.69. The van der Waals surface area contributed by atoms with Crippen LogP contribution in [0.25, 0.3) is 0 Å². The van der Waals surface area contributed by atoms with Crippen LogP contribution in [0.1, 0.15) is 16.1 Å². The van der Waals surface area contributed by atoms with Gasteiger partial charge in [0, 0.05) is 18.8 Å². The topological polar surface area (TPSA) is 59.2 Å². The first-order valence-corrected chi connectivity index (χ1v) is 6.64. The number of anilines is 1. The van der Waals surface area contributed by atoms with Crippen molar-refractivity contribution in [2.75, 3.05) is 12.8 Å². The number of nitrogens with zero attached hydrogens (tertiary/aromatic N) is 2. The van der Waals surface area contributed by atoms with E-state index in [0.717, 1.165) is 5.69 Å². The predicted octanol–water partition coefficient (Wildman–Crippen LogP) is 3.24. The van der Waals surface area contributed by atoms with Crippen LogP contribution in [0.5, 0.6) is 0 Å². The van der Waals surface area contributed by atoms with Gasteiger partial charge in [0.25, 0.3) is 5.91 Å². The molecule has 0 spiro atoms. The van der Waals surface area contributed by atoms with E-state index in [-0.39, 0.29) is 21.6 Å². The zero-order chi connectivity index (χ0) is 14.7. The zero-order valence-electron chi connectivity index (χ0n) is 10.8. The molecule has 1 aromatic carbocycles. The summed E-state index contributed by atoms with van der Waals surface area (Å²) in [5, 5.41) is 0.525. The van der Waals surface area contributed by atoms with Gasteiger partial charge in [-0.05, 0) is 24.3 Å². The maximum atomic E-state index is 12.3. The summed E-state index contributed by atoms with van der Waals surface area (Å²) in [4.78, 5) is 18.0. The second-order valence-electron chi connectivity index (χ2n) is 4.34.